The fourth-order valence-electron chi connectivity index (χ4n) is 0.846. The highest BCUT2D eigenvalue weighted by Crippen LogP contribution is 2.33. The molecule has 0 aliphatic heterocycles. The third-order valence-electron chi connectivity index (χ3n) is 1.72. The van der Waals surface area contributed by atoms with E-state index in [1.165, 1.54) is 6.07 Å². The molecule has 0 spiro atoms. The average Bonchev–Trinajstić information content (AvgIpc) is 2.08. The van der Waals surface area contributed by atoms with E-state index in [0.29, 0.717) is 4.90 Å². The van der Waals surface area contributed by atoms with Crippen LogP contribution in [0, 0.1) is 5.82 Å². The summed E-state index contributed by atoms with van der Waals surface area (Å²) >= 11 is 1.01. The lowest BCUT2D eigenvalue weighted by Crippen LogP contribution is -2.27. The minimum absolute atomic E-state index is 0.361. The summed E-state index contributed by atoms with van der Waals surface area (Å²) in [7, 11) is 0. The van der Waals surface area contributed by atoms with Gasteiger partial charge in [0.2, 0.25) is 0 Å². The Morgan fingerprint density at radius 2 is 2.00 bits per heavy atom. The lowest BCUT2D eigenvalue weighted by Gasteiger charge is -2.18. The van der Waals surface area contributed by atoms with Crippen LogP contribution in [0.5, 0.6) is 0 Å². The van der Waals surface area contributed by atoms with E-state index in [4.69, 9.17) is 5.11 Å². The first-order valence-electron chi connectivity index (χ1n) is 4.10. The molecule has 1 aromatic rings. The zero-order valence-electron chi connectivity index (χ0n) is 7.95. The van der Waals surface area contributed by atoms with Gasteiger partial charge in [-0.3, -0.25) is 4.79 Å². The molecule has 1 N–H and O–H groups in total. The molecule has 0 aliphatic rings. The van der Waals surface area contributed by atoms with Crippen molar-refractivity contribution in [2.45, 2.75) is 23.5 Å². The molecule has 1 aromatic carbocycles. The first-order valence-corrected chi connectivity index (χ1v) is 4.92. The Morgan fingerprint density at radius 3 is 2.50 bits per heavy atom. The molecule has 0 aromatic heterocycles. The van der Waals surface area contributed by atoms with Gasteiger partial charge in [-0.05, 0) is 26.0 Å². The molecular formula is C10H11FO2S. The van der Waals surface area contributed by atoms with Gasteiger partial charge in [0.15, 0.2) is 0 Å². The van der Waals surface area contributed by atoms with E-state index in [1.54, 1.807) is 32.0 Å². The van der Waals surface area contributed by atoms with Crippen molar-refractivity contribution in [2.75, 3.05) is 0 Å². The molecule has 4 heteroatoms. The van der Waals surface area contributed by atoms with E-state index < -0.39 is 10.7 Å². The highest BCUT2D eigenvalue weighted by Gasteiger charge is 2.29. The van der Waals surface area contributed by atoms with Crippen LogP contribution in [0.15, 0.2) is 29.2 Å². The Kier molecular flexibility index (Phi) is 3.16. The Morgan fingerprint density at radius 1 is 1.43 bits per heavy atom. The molecular weight excluding hydrogens is 203 g/mol. The van der Waals surface area contributed by atoms with Gasteiger partial charge in [0.1, 0.15) is 10.6 Å². The summed E-state index contributed by atoms with van der Waals surface area (Å²) in [5.74, 6) is -1.34. The maximum absolute atomic E-state index is 13.2. The summed E-state index contributed by atoms with van der Waals surface area (Å²) < 4.78 is 12.2. The van der Waals surface area contributed by atoms with Crippen molar-refractivity contribution in [1.82, 2.24) is 0 Å². The fourth-order valence-corrected chi connectivity index (χ4v) is 1.80. The van der Waals surface area contributed by atoms with E-state index in [9.17, 15) is 9.18 Å². The van der Waals surface area contributed by atoms with Gasteiger partial charge in [-0.25, -0.2) is 4.39 Å². The zero-order chi connectivity index (χ0) is 10.8. The lowest BCUT2D eigenvalue weighted by molar-refractivity contribution is -0.138. The van der Waals surface area contributed by atoms with Gasteiger partial charge in [0, 0.05) is 4.90 Å². The van der Waals surface area contributed by atoms with Crippen LogP contribution < -0.4 is 0 Å². The van der Waals surface area contributed by atoms with Crippen molar-refractivity contribution in [3.05, 3.63) is 30.1 Å². The molecule has 0 radical (unpaired) electrons. The minimum Gasteiger partial charge on any atom is -0.480 e. The van der Waals surface area contributed by atoms with Crippen LogP contribution in [-0.2, 0) is 4.79 Å². The summed E-state index contributed by atoms with van der Waals surface area (Å²) in [6.45, 7) is 3.10. The van der Waals surface area contributed by atoms with Crippen LogP contribution in [0.25, 0.3) is 0 Å². The molecule has 14 heavy (non-hydrogen) atoms. The second-order valence-corrected chi connectivity index (χ2v) is 5.01. The van der Waals surface area contributed by atoms with Crippen LogP contribution in [0.3, 0.4) is 0 Å². The predicted octanol–water partition coefficient (Wildman–Crippen LogP) is 2.78. The van der Waals surface area contributed by atoms with Crippen molar-refractivity contribution < 1.29 is 14.3 Å². The number of halogens is 1. The molecule has 0 aliphatic carbocycles. The van der Waals surface area contributed by atoms with Gasteiger partial charge >= 0.3 is 5.97 Å². The van der Waals surface area contributed by atoms with Gasteiger partial charge < -0.3 is 5.11 Å². The first-order chi connectivity index (χ1) is 6.43. The van der Waals surface area contributed by atoms with E-state index in [1.807, 2.05) is 0 Å². The van der Waals surface area contributed by atoms with Crippen molar-refractivity contribution in [3.8, 4) is 0 Å². The number of carbonyl (C=O) groups is 1. The lowest BCUT2D eigenvalue weighted by atomic mass is 10.2. The fraction of sp³-hybridized carbons (Fsp3) is 0.300. The van der Waals surface area contributed by atoms with Gasteiger partial charge in [-0.2, -0.15) is 0 Å². The third-order valence-corrected chi connectivity index (χ3v) is 2.95. The number of aliphatic carboxylic acids is 1. The van der Waals surface area contributed by atoms with Crippen molar-refractivity contribution in [1.29, 1.82) is 0 Å². The summed E-state index contributed by atoms with van der Waals surface area (Å²) in [5, 5.41) is 8.85. The number of carboxylic acid groups (broad SMARTS) is 1. The molecule has 76 valence electrons. The van der Waals surface area contributed by atoms with Gasteiger partial charge in [-0.15, -0.1) is 11.8 Å². The average molecular weight is 214 g/mol. The SMILES string of the molecule is CC(C)(Sc1ccccc1F)C(=O)O. The smallest absolute Gasteiger partial charge is 0.319 e. The number of hydrogen-bond acceptors (Lipinski definition) is 2. The second-order valence-electron chi connectivity index (χ2n) is 3.35. The van der Waals surface area contributed by atoms with Crippen molar-refractivity contribution in [3.63, 3.8) is 0 Å². The number of benzene rings is 1. The third kappa shape index (κ3) is 2.48. The Bertz CT molecular complexity index is 350. The van der Waals surface area contributed by atoms with E-state index in [2.05, 4.69) is 0 Å². The molecule has 0 saturated heterocycles. The molecule has 0 heterocycles. The second kappa shape index (κ2) is 4.00. The number of rotatable bonds is 3. The molecule has 0 saturated carbocycles. The van der Waals surface area contributed by atoms with Gasteiger partial charge in [-0.1, -0.05) is 12.1 Å². The van der Waals surface area contributed by atoms with E-state index in [0.717, 1.165) is 11.8 Å². The molecule has 2 nitrogen and oxygen atoms in total. The topological polar surface area (TPSA) is 37.3 Å². The van der Waals surface area contributed by atoms with E-state index >= 15 is 0 Å². The van der Waals surface area contributed by atoms with Gasteiger partial charge in [0.25, 0.3) is 0 Å². The largest absolute Gasteiger partial charge is 0.480 e. The number of carboxylic acids is 1. The Hall–Kier alpha value is -1.03. The van der Waals surface area contributed by atoms with E-state index in [-0.39, 0.29) is 5.82 Å². The Labute approximate surface area is 86.1 Å². The summed E-state index contributed by atoms with van der Waals surface area (Å²) in [6, 6.07) is 6.15. The molecule has 0 unspecified atom stereocenters. The highest BCUT2D eigenvalue weighted by atomic mass is 32.2. The minimum atomic E-state index is -1.01. The van der Waals surface area contributed by atoms with Crippen LogP contribution in [-0.4, -0.2) is 15.8 Å². The maximum atomic E-state index is 13.2. The van der Waals surface area contributed by atoms with Crippen LogP contribution in [0.4, 0.5) is 4.39 Å². The van der Waals surface area contributed by atoms with Crippen LogP contribution >= 0.6 is 11.8 Å². The van der Waals surface area contributed by atoms with Gasteiger partial charge in [0.05, 0.1) is 0 Å². The number of hydrogen-bond donors (Lipinski definition) is 1. The summed E-state index contributed by atoms with van der Waals surface area (Å²) in [4.78, 5) is 11.2. The predicted molar refractivity (Wildman–Crippen MR) is 54.0 cm³/mol. The normalized spacial score (nSPS) is 11.4. The zero-order valence-corrected chi connectivity index (χ0v) is 8.77. The first kappa shape index (κ1) is 11.0. The van der Waals surface area contributed by atoms with Crippen molar-refractivity contribution in [2.24, 2.45) is 0 Å². The molecule has 1 rings (SSSR count). The maximum Gasteiger partial charge on any atom is 0.319 e. The van der Waals surface area contributed by atoms with Crippen LogP contribution in [0.1, 0.15) is 13.8 Å². The molecule has 0 fully saturated rings. The molecule has 0 atom stereocenters. The summed E-state index contributed by atoms with van der Waals surface area (Å²) in [6.07, 6.45) is 0. The standard InChI is InChI=1S/C10H11FO2S/c1-10(2,9(12)13)14-8-6-4-3-5-7(8)11/h3-6H,1-2H3,(H,12,13). The summed E-state index contributed by atoms with van der Waals surface area (Å²) in [5.41, 5.74) is 0. The van der Waals surface area contributed by atoms with Crippen LogP contribution in [0.2, 0.25) is 0 Å². The Balaban J connectivity index is 2.89. The monoisotopic (exact) mass is 214 g/mol. The van der Waals surface area contributed by atoms with Crippen molar-refractivity contribution >= 4 is 17.7 Å². The highest BCUT2D eigenvalue weighted by molar-refractivity contribution is 8.01. The quantitative estimate of drug-likeness (QED) is 0.786. The molecule has 0 amide bonds. The molecule has 0 bridgehead atoms. The number of thioether (sulfide) groups is 1.